The first-order valence-electron chi connectivity index (χ1n) is 11.1. The lowest BCUT2D eigenvalue weighted by atomic mass is 10.0. The molecule has 0 atom stereocenters. The number of nitrogens with zero attached hydrogens (tertiary/aromatic N) is 1. The fraction of sp³-hybridized carbons (Fsp3) is 0.0333. The number of rotatable bonds is 5. The van der Waals surface area contributed by atoms with Crippen LogP contribution in [-0.4, -0.2) is 17.8 Å². The van der Waals surface area contributed by atoms with Crippen molar-refractivity contribution in [2.75, 3.05) is 0 Å². The molecule has 1 aliphatic rings. The van der Waals surface area contributed by atoms with Crippen LogP contribution in [0.15, 0.2) is 114 Å². The molecule has 35 heavy (non-hydrogen) atoms. The van der Waals surface area contributed by atoms with Gasteiger partial charge in [-0.05, 0) is 66.1 Å². The summed E-state index contributed by atoms with van der Waals surface area (Å²) in [7, 11) is 0. The lowest BCUT2D eigenvalue weighted by Crippen LogP contribution is -2.08. The van der Waals surface area contributed by atoms with Gasteiger partial charge in [-0.3, -0.25) is 0 Å². The van der Waals surface area contributed by atoms with Gasteiger partial charge in [0.2, 0.25) is 5.90 Å². The summed E-state index contributed by atoms with van der Waals surface area (Å²) < 4.78 is 10.8. The molecule has 4 aromatic carbocycles. The quantitative estimate of drug-likeness (QED) is 0.202. The molecule has 0 spiro atoms. The Labute approximate surface area is 203 Å². The van der Waals surface area contributed by atoms with E-state index in [-0.39, 0.29) is 11.6 Å². The van der Waals surface area contributed by atoms with E-state index in [1.54, 1.807) is 42.5 Å². The molecule has 5 rings (SSSR count). The Morgan fingerprint density at radius 2 is 1.49 bits per heavy atom. The number of cyclic esters (lactones) is 1. The predicted molar refractivity (Wildman–Crippen MR) is 135 cm³/mol. The molecule has 0 aromatic heterocycles. The van der Waals surface area contributed by atoms with E-state index in [1.165, 1.54) is 0 Å². The second-order valence-electron chi connectivity index (χ2n) is 8.11. The molecule has 0 N–H and O–H groups in total. The van der Waals surface area contributed by atoms with Gasteiger partial charge in [-0.15, -0.1) is 0 Å². The zero-order chi connectivity index (χ0) is 24.2. The maximum atomic E-state index is 12.4. The van der Waals surface area contributed by atoms with Gasteiger partial charge >= 0.3 is 11.9 Å². The Bertz CT molecular complexity index is 1450. The molecule has 0 radical (unpaired) electrons. The summed E-state index contributed by atoms with van der Waals surface area (Å²) in [5, 5.41) is 0. The number of esters is 2. The molecule has 0 saturated carbocycles. The van der Waals surface area contributed by atoms with Crippen molar-refractivity contribution < 1.29 is 19.1 Å². The minimum absolute atomic E-state index is 0.205. The standard InChI is InChI=1S/C30H21NO4/c1-20-6-5-9-25(18-20)29(32)34-26-16-10-21(11-17-26)19-27-30(33)35-28(31-27)24-14-12-23(13-15-24)22-7-3-2-4-8-22/h2-19H,1H3/b27-19-. The van der Waals surface area contributed by atoms with Gasteiger partial charge in [-0.25, -0.2) is 14.6 Å². The van der Waals surface area contributed by atoms with Crippen LogP contribution in [0.3, 0.4) is 0 Å². The van der Waals surface area contributed by atoms with Crippen LogP contribution >= 0.6 is 0 Å². The van der Waals surface area contributed by atoms with E-state index in [1.807, 2.05) is 73.7 Å². The highest BCUT2D eigenvalue weighted by Crippen LogP contribution is 2.24. The second-order valence-corrected chi connectivity index (χ2v) is 8.11. The first kappa shape index (κ1) is 22.0. The van der Waals surface area contributed by atoms with E-state index in [4.69, 9.17) is 9.47 Å². The Balaban J connectivity index is 1.29. The van der Waals surface area contributed by atoms with Crippen LogP contribution in [0.1, 0.15) is 27.0 Å². The number of hydrogen-bond donors (Lipinski definition) is 0. The molecule has 0 aliphatic carbocycles. The van der Waals surface area contributed by atoms with Crippen LogP contribution in [0.4, 0.5) is 0 Å². The summed E-state index contributed by atoms with van der Waals surface area (Å²) in [5.41, 5.74) is 5.31. The molecule has 0 fully saturated rings. The topological polar surface area (TPSA) is 65.0 Å². The number of aryl methyl sites for hydroxylation is 1. The van der Waals surface area contributed by atoms with Crippen LogP contribution in [0.25, 0.3) is 17.2 Å². The third-order valence-electron chi connectivity index (χ3n) is 5.51. The second kappa shape index (κ2) is 9.61. The number of carbonyl (C=O) groups is 2. The fourth-order valence-electron chi connectivity index (χ4n) is 3.70. The van der Waals surface area contributed by atoms with Gasteiger partial charge in [0.15, 0.2) is 5.70 Å². The number of benzene rings is 4. The molecule has 0 unspecified atom stereocenters. The molecule has 4 aromatic rings. The summed E-state index contributed by atoms with van der Waals surface area (Å²) >= 11 is 0. The van der Waals surface area contributed by atoms with Gasteiger partial charge in [0.1, 0.15) is 5.75 Å². The Morgan fingerprint density at radius 3 is 2.20 bits per heavy atom. The van der Waals surface area contributed by atoms with Crippen molar-refractivity contribution >= 4 is 23.9 Å². The lowest BCUT2D eigenvalue weighted by Gasteiger charge is -2.05. The molecule has 0 bridgehead atoms. The molecular formula is C30H21NO4. The van der Waals surface area contributed by atoms with Crippen LogP contribution in [0, 0.1) is 6.92 Å². The maximum absolute atomic E-state index is 12.4. The number of ether oxygens (including phenoxy) is 2. The van der Waals surface area contributed by atoms with Crippen molar-refractivity contribution in [1.29, 1.82) is 0 Å². The van der Waals surface area contributed by atoms with E-state index in [9.17, 15) is 9.59 Å². The van der Waals surface area contributed by atoms with Crippen LogP contribution in [0.5, 0.6) is 5.75 Å². The average molecular weight is 460 g/mol. The monoisotopic (exact) mass is 459 g/mol. The Morgan fingerprint density at radius 1 is 0.800 bits per heavy atom. The lowest BCUT2D eigenvalue weighted by molar-refractivity contribution is -0.129. The summed E-state index contributed by atoms with van der Waals surface area (Å²) in [6.45, 7) is 1.92. The van der Waals surface area contributed by atoms with Gasteiger partial charge in [-0.2, -0.15) is 0 Å². The van der Waals surface area contributed by atoms with Crippen molar-refractivity contribution in [3.63, 3.8) is 0 Å². The van der Waals surface area contributed by atoms with E-state index in [0.717, 1.165) is 27.8 Å². The fourth-order valence-corrected chi connectivity index (χ4v) is 3.70. The van der Waals surface area contributed by atoms with Crippen molar-refractivity contribution in [2.24, 2.45) is 4.99 Å². The normalized spacial score (nSPS) is 13.9. The van der Waals surface area contributed by atoms with E-state index in [0.29, 0.717) is 11.3 Å². The molecule has 5 heteroatoms. The van der Waals surface area contributed by atoms with E-state index < -0.39 is 11.9 Å². The third kappa shape index (κ3) is 5.09. The first-order chi connectivity index (χ1) is 17.0. The zero-order valence-corrected chi connectivity index (χ0v) is 19.0. The van der Waals surface area contributed by atoms with Crippen LogP contribution in [0.2, 0.25) is 0 Å². The minimum Gasteiger partial charge on any atom is -0.423 e. The summed E-state index contributed by atoms with van der Waals surface area (Å²) in [4.78, 5) is 29.1. The highest BCUT2D eigenvalue weighted by atomic mass is 16.6. The summed E-state index contributed by atoms with van der Waals surface area (Å²) in [6.07, 6.45) is 1.64. The van der Waals surface area contributed by atoms with E-state index >= 15 is 0 Å². The van der Waals surface area contributed by atoms with Gasteiger partial charge in [0, 0.05) is 5.56 Å². The molecule has 0 saturated heterocycles. The minimum atomic E-state index is -0.512. The van der Waals surface area contributed by atoms with Crippen LogP contribution in [-0.2, 0) is 9.53 Å². The van der Waals surface area contributed by atoms with Gasteiger partial charge in [-0.1, -0.05) is 72.3 Å². The van der Waals surface area contributed by atoms with Crippen molar-refractivity contribution in [1.82, 2.24) is 0 Å². The predicted octanol–water partition coefficient (Wildman–Crippen LogP) is 6.23. The largest absolute Gasteiger partial charge is 0.423 e. The maximum Gasteiger partial charge on any atom is 0.363 e. The van der Waals surface area contributed by atoms with E-state index in [2.05, 4.69) is 4.99 Å². The molecule has 1 aliphatic heterocycles. The molecule has 1 heterocycles. The highest BCUT2D eigenvalue weighted by molar-refractivity contribution is 6.13. The average Bonchev–Trinajstić information content (AvgIpc) is 3.25. The van der Waals surface area contributed by atoms with Gasteiger partial charge in [0.25, 0.3) is 0 Å². The SMILES string of the molecule is Cc1cccc(C(=O)Oc2ccc(/C=C3\N=C(c4ccc(-c5ccccc5)cc4)OC3=O)cc2)c1. The summed E-state index contributed by atoms with van der Waals surface area (Å²) in [5.74, 6) is -0.256. The zero-order valence-electron chi connectivity index (χ0n) is 19.0. The van der Waals surface area contributed by atoms with Crippen molar-refractivity contribution in [2.45, 2.75) is 6.92 Å². The molecule has 0 amide bonds. The Kier molecular flexibility index (Phi) is 6.05. The molecule has 5 nitrogen and oxygen atoms in total. The number of carbonyl (C=O) groups excluding carboxylic acids is 2. The highest BCUT2D eigenvalue weighted by Gasteiger charge is 2.24. The molecular weight excluding hydrogens is 438 g/mol. The first-order valence-corrected chi connectivity index (χ1v) is 11.1. The number of aliphatic imine (C=N–C) groups is 1. The van der Waals surface area contributed by atoms with Crippen molar-refractivity contribution in [3.8, 4) is 16.9 Å². The smallest absolute Gasteiger partial charge is 0.363 e. The van der Waals surface area contributed by atoms with Crippen molar-refractivity contribution in [3.05, 3.63) is 131 Å². The third-order valence-corrected chi connectivity index (χ3v) is 5.51. The Hall–Kier alpha value is -4.77. The molecule has 170 valence electrons. The van der Waals surface area contributed by atoms with Gasteiger partial charge in [0.05, 0.1) is 5.56 Å². The van der Waals surface area contributed by atoms with Gasteiger partial charge < -0.3 is 9.47 Å². The van der Waals surface area contributed by atoms with Crippen LogP contribution < -0.4 is 4.74 Å². The number of hydrogen-bond acceptors (Lipinski definition) is 5. The summed E-state index contributed by atoms with van der Waals surface area (Å²) in [6, 6.07) is 31.8.